The number of carbonyl (C=O) groups excluding carboxylic acids is 1. The minimum Gasteiger partial charge on any atom is -0.444 e. The molecular formula is C12H18ClIN4O2. The highest BCUT2D eigenvalue weighted by Crippen LogP contribution is 2.21. The van der Waals surface area contributed by atoms with Crippen molar-refractivity contribution in [3.8, 4) is 0 Å². The SMILES string of the molecule is CC(CNc1ncnc(Cl)c1I)NC(=O)OC(C)(C)C. The van der Waals surface area contributed by atoms with Crippen LogP contribution in [0.1, 0.15) is 27.7 Å². The molecule has 1 amide bonds. The summed E-state index contributed by atoms with van der Waals surface area (Å²) < 4.78 is 5.92. The molecule has 0 aliphatic carbocycles. The highest BCUT2D eigenvalue weighted by molar-refractivity contribution is 14.1. The van der Waals surface area contributed by atoms with Gasteiger partial charge in [0, 0.05) is 12.6 Å². The van der Waals surface area contributed by atoms with Crippen molar-refractivity contribution in [1.82, 2.24) is 15.3 Å². The summed E-state index contributed by atoms with van der Waals surface area (Å²) in [5.74, 6) is 0.642. The summed E-state index contributed by atoms with van der Waals surface area (Å²) in [5, 5.41) is 6.25. The Labute approximate surface area is 137 Å². The molecule has 112 valence electrons. The van der Waals surface area contributed by atoms with Crippen molar-refractivity contribution in [2.75, 3.05) is 11.9 Å². The molecule has 8 heteroatoms. The summed E-state index contributed by atoms with van der Waals surface area (Å²) in [5.41, 5.74) is -0.507. The van der Waals surface area contributed by atoms with Crippen molar-refractivity contribution in [2.24, 2.45) is 0 Å². The predicted octanol–water partition coefficient (Wildman–Crippen LogP) is 3.06. The lowest BCUT2D eigenvalue weighted by Crippen LogP contribution is -2.40. The molecule has 0 aromatic carbocycles. The van der Waals surface area contributed by atoms with E-state index in [1.807, 2.05) is 27.7 Å². The molecule has 1 heterocycles. The van der Waals surface area contributed by atoms with Crippen LogP contribution in [0.3, 0.4) is 0 Å². The maximum absolute atomic E-state index is 11.6. The molecule has 0 aliphatic heterocycles. The van der Waals surface area contributed by atoms with Crippen molar-refractivity contribution in [1.29, 1.82) is 0 Å². The third-order valence-corrected chi connectivity index (χ3v) is 3.71. The van der Waals surface area contributed by atoms with E-state index >= 15 is 0 Å². The molecule has 1 rings (SSSR count). The molecule has 0 fully saturated rings. The second-order valence-electron chi connectivity index (χ2n) is 5.26. The number of carbonyl (C=O) groups is 1. The smallest absolute Gasteiger partial charge is 0.407 e. The molecule has 2 N–H and O–H groups in total. The highest BCUT2D eigenvalue weighted by Gasteiger charge is 2.17. The lowest BCUT2D eigenvalue weighted by atomic mass is 10.2. The van der Waals surface area contributed by atoms with E-state index in [9.17, 15) is 4.79 Å². The molecular weight excluding hydrogens is 395 g/mol. The Kier molecular flexibility index (Phi) is 6.25. The molecule has 1 unspecified atom stereocenters. The molecule has 0 spiro atoms. The Hall–Kier alpha value is -0.830. The number of halogens is 2. The number of rotatable bonds is 4. The van der Waals surface area contributed by atoms with Gasteiger partial charge in [-0.15, -0.1) is 0 Å². The molecule has 1 aromatic rings. The summed E-state index contributed by atoms with van der Waals surface area (Å²) in [6.45, 7) is 7.83. The number of anilines is 1. The Bertz CT molecular complexity index is 479. The average Bonchev–Trinajstić information content (AvgIpc) is 2.28. The van der Waals surface area contributed by atoms with Gasteiger partial charge in [-0.05, 0) is 50.3 Å². The first kappa shape index (κ1) is 17.2. The number of hydrogen-bond donors (Lipinski definition) is 2. The highest BCUT2D eigenvalue weighted by atomic mass is 127. The number of ether oxygens (including phenoxy) is 1. The topological polar surface area (TPSA) is 76.1 Å². The first-order valence-electron chi connectivity index (χ1n) is 6.08. The van der Waals surface area contributed by atoms with Crippen LogP contribution in [-0.4, -0.2) is 34.2 Å². The van der Waals surface area contributed by atoms with Crippen molar-refractivity contribution >= 4 is 46.1 Å². The van der Waals surface area contributed by atoms with E-state index in [1.54, 1.807) is 0 Å². The number of nitrogens with zero attached hydrogens (tertiary/aromatic N) is 2. The molecule has 0 aliphatic rings. The van der Waals surface area contributed by atoms with Crippen molar-refractivity contribution in [2.45, 2.75) is 39.3 Å². The first-order valence-corrected chi connectivity index (χ1v) is 7.54. The Morgan fingerprint density at radius 2 is 2.15 bits per heavy atom. The standard InChI is InChI=1S/C12H18ClIN4O2/c1-7(18-11(19)20-12(2,3)4)5-15-10-8(14)9(13)16-6-17-10/h6-7H,5H2,1-4H3,(H,18,19)(H,15,16,17). The van der Waals surface area contributed by atoms with E-state index in [-0.39, 0.29) is 6.04 Å². The van der Waals surface area contributed by atoms with E-state index in [0.717, 1.165) is 3.57 Å². The molecule has 0 saturated carbocycles. The minimum absolute atomic E-state index is 0.116. The average molecular weight is 413 g/mol. The molecule has 20 heavy (non-hydrogen) atoms. The van der Waals surface area contributed by atoms with Gasteiger partial charge in [0.2, 0.25) is 0 Å². The number of nitrogens with one attached hydrogen (secondary N) is 2. The quantitative estimate of drug-likeness (QED) is 0.587. The van der Waals surface area contributed by atoms with Crippen LogP contribution in [0.15, 0.2) is 6.33 Å². The lowest BCUT2D eigenvalue weighted by molar-refractivity contribution is 0.0511. The number of hydrogen-bond acceptors (Lipinski definition) is 5. The Morgan fingerprint density at radius 1 is 1.50 bits per heavy atom. The molecule has 0 saturated heterocycles. The van der Waals surface area contributed by atoms with Gasteiger partial charge < -0.3 is 15.4 Å². The molecule has 0 bridgehead atoms. The summed E-state index contributed by atoms with van der Waals surface area (Å²) in [6, 6.07) is -0.116. The van der Waals surface area contributed by atoms with Gasteiger partial charge >= 0.3 is 6.09 Å². The monoisotopic (exact) mass is 412 g/mol. The third-order valence-electron chi connectivity index (χ3n) is 2.09. The van der Waals surface area contributed by atoms with Gasteiger partial charge in [-0.3, -0.25) is 0 Å². The van der Waals surface area contributed by atoms with Crippen molar-refractivity contribution < 1.29 is 9.53 Å². The Balaban J connectivity index is 2.46. The summed E-state index contributed by atoms with van der Waals surface area (Å²) in [4.78, 5) is 19.6. The van der Waals surface area contributed by atoms with Gasteiger partial charge in [0.1, 0.15) is 22.9 Å². The predicted molar refractivity (Wildman–Crippen MR) is 87.1 cm³/mol. The lowest BCUT2D eigenvalue weighted by Gasteiger charge is -2.22. The van der Waals surface area contributed by atoms with Crippen LogP contribution < -0.4 is 10.6 Å². The fourth-order valence-corrected chi connectivity index (χ4v) is 1.88. The Morgan fingerprint density at radius 3 is 2.75 bits per heavy atom. The van der Waals surface area contributed by atoms with Crippen LogP contribution in [0.5, 0.6) is 0 Å². The summed E-state index contributed by atoms with van der Waals surface area (Å²) >= 11 is 7.96. The van der Waals surface area contributed by atoms with Gasteiger partial charge in [0.05, 0.1) is 3.57 Å². The van der Waals surface area contributed by atoms with Gasteiger partial charge in [-0.1, -0.05) is 11.6 Å². The van der Waals surface area contributed by atoms with Gasteiger partial charge in [-0.25, -0.2) is 14.8 Å². The van der Waals surface area contributed by atoms with Crippen LogP contribution in [0.2, 0.25) is 5.15 Å². The third kappa shape index (κ3) is 6.08. The fourth-order valence-electron chi connectivity index (χ4n) is 1.28. The van der Waals surface area contributed by atoms with E-state index in [2.05, 4.69) is 43.2 Å². The molecule has 6 nitrogen and oxygen atoms in total. The van der Waals surface area contributed by atoms with Crippen LogP contribution in [0.25, 0.3) is 0 Å². The minimum atomic E-state index is -0.507. The van der Waals surface area contributed by atoms with Gasteiger partial charge in [-0.2, -0.15) is 0 Å². The van der Waals surface area contributed by atoms with Crippen molar-refractivity contribution in [3.63, 3.8) is 0 Å². The van der Waals surface area contributed by atoms with Gasteiger partial charge in [0.25, 0.3) is 0 Å². The first-order chi connectivity index (χ1) is 9.19. The zero-order valence-corrected chi connectivity index (χ0v) is 14.7. The van der Waals surface area contributed by atoms with Crippen LogP contribution in [0.4, 0.5) is 10.6 Å². The van der Waals surface area contributed by atoms with Crippen LogP contribution in [-0.2, 0) is 4.74 Å². The molecule has 1 aromatic heterocycles. The molecule has 1 atom stereocenters. The molecule has 0 radical (unpaired) electrons. The fraction of sp³-hybridized carbons (Fsp3) is 0.583. The van der Waals surface area contributed by atoms with Crippen LogP contribution in [0, 0.1) is 3.57 Å². The van der Waals surface area contributed by atoms with Gasteiger partial charge in [0.15, 0.2) is 0 Å². The van der Waals surface area contributed by atoms with Crippen molar-refractivity contribution in [3.05, 3.63) is 15.1 Å². The zero-order chi connectivity index (χ0) is 15.3. The maximum atomic E-state index is 11.6. The largest absolute Gasteiger partial charge is 0.444 e. The van der Waals surface area contributed by atoms with E-state index in [0.29, 0.717) is 17.5 Å². The van der Waals surface area contributed by atoms with E-state index in [4.69, 9.17) is 16.3 Å². The zero-order valence-electron chi connectivity index (χ0n) is 11.8. The van der Waals surface area contributed by atoms with E-state index in [1.165, 1.54) is 6.33 Å². The number of alkyl carbamates (subject to hydrolysis) is 1. The normalized spacial score (nSPS) is 12.7. The van der Waals surface area contributed by atoms with Crippen LogP contribution >= 0.6 is 34.2 Å². The maximum Gasteiger partial charge on any atom is 0.407 e. The number of aromatic nitrogens is 2. The number of amides is 1. The second kappa shape index (κ2) is 7.26. The summed E-state index contributed by atoms with van der Waals surface area (Å²) in [7, 11) is 0. The van der Waals surface area contributed by atoms with E-state index < -0.39 is 11.7 Å². The second-order valence-corrected chi connectivity index (χ2v) is 6.69. The summed E-state index contributed by atoms with van der Waals surface area (Å²) in [6.07, 6.45) is 0.945.